The number of esters is 1. The van der Waals surface area contributed by atoms with E-state index in [4.69, 9.17) is 4.74 Å². The Balaban J connectivity index is 1.96. The van der Waals surface area contributed by atoms with Gasteiger partial charge in [0.2, 0.25) is 0 Å². The van der Waals surface area contributed by atoms with E-state index in [0.29, 0.717) is 29.7 Å². The Hall–Kier alpha value is -2.44. The molecule has 182 valence electrons. The molecule has 1 aromatic heterocycles. The van der Waals surface area contributed by atoms with Gasteiger partial charge in [-0.2, -0.15) is 0 Å². The van der Waals surface area contributed by atoms with Gasteiger partial charge >= 0.3 is 5.97 Å². The van der Waals surface area contributed by atoms with Crippen molar-refractivity contribution in [2.45, 2.75) is 19.9 Å². The maximum atomic E-state index is 13.7. The number of fused-ring (bicyclic) bond motifs is 1. The van der Waals surface area contributed by atoms with Crippen LogP contribution in [0.25, 0.3) is 6.08 Å². The van der Waals surface area contributed by atoms with Gasteiger partial charge in [0.15, 0.2) is 4.80 Å². The first-order chi connectivity index (χ1) is 16.6. The highest BCUT2D eigenvalue weighted by molar-refractivity contribution is 14.1. The average molecular weight is 668 g/mol. The predicted molar refractivity (Wildman–Crippen MR) is 150 cm³/mol. The molecule has 0 saturated heterocycles. The first-order valence-corrected chi connectivity index (χ1v) is 13.5. The number of thiazole rings is 1. The van der Waals surface area contributed by atoms with E-state index in [0.717, 1.165) is 15.7 Å². The molecule has 7 nitrogen and oxygen atoms in total. The largest absolute Gasteiger partial charge is 0.506 e. The second kappa shape index (κ2) is 10.3. The van der Waals surface area contributed by atoms with Crippen LogP contribution in [0.2, 0.25) is 0 Å². The number of phenols is 1. The van der Waals surface area contributed by atoms with Crippen LogP contribution in [0.4, 0.5) is 5.69 Å². The summed E-state index contributed by atoms with van der Waals surface area (Å²) >= 11 is 6.70. The quantitative estimate of drug-likeness (QED) is 0.329. The van der Waals surface area contributed by atoms with Gasteiger partial charge in [-0.15, -0.1) is 0 Å². The van der Waals surface area contributed by atoms with Crippen LogP contribution in [-0.4, -0.2) is 36.3 Å². The Morgan fingerprint density at radius 1 is 1.31 bits per heavy atom. The second-order valence-electron chi connectivity index (χ2n) is 8.11. The molecule has 3 aromatic rings. The highest BCUT2D eigenvalue weighted by atomic mass is 127. The number of carbonyl (C=O) groups excluding carboxylic acids is 1. The summed E-state index contributed by atoms with van der Waals surface area (Å²) in [6.45, 7) is 3.72. The molecule has 1 unspecified atom stereocenters. The first-order valence-electron chi connectivity index (χ1n) is 10.8. The zero-order chi connectivity index (χ0) is 25.4. The Morgan fingerprint density at radius 2 is 2.00 bits per heavy atom. The van der Waals surface area contributed by atoms with E-state index >= 15 is 0 Å². The summed E-state index contributed by atoms with van der Waals surface area (Å²) in [5.41, 5.74) is 2.85. The molecule has 10 heteroatoms. The molecule has 4 rings (SSSR count). The molecule has 0 bridgehead atoms. The number of allylic oxidation sites excluding steroid dienone is 1. The van der Waals surface area contributed by atoms with Crippen molar-refractivity contribution in [1.29, 1.82) is 0 Å². The Kier molecular flexibility index (Phi) is 7.53. The summed E-state index contributed by atoms with van der Waals surface area (Å²) < 4.78 is 8.74. The molecule has 2 heterocycles. The van der Waals surface area contributed by atoms with Crippen LogP contribution < -0.4 is 19.8 Å². The number of phenolic OH excluding ortho intramolecular Hbond substituents is 1. The molecule has 0 aliphatic carbocycles. The summed E-state index contributed by atoms with van der Waals surface area (Å²) in [5.74, 6) is -0.400. The van der Waals surface area contributed by atoms with E-state index in [1.165, 1.54) is 11.3 Å². The van der Waals surface area contributed by atoms with E-state index in [1.807, 2.05) is 65.9 Å². The van der Waals surface area contributed by atoms with Crippen molar-refractivity contribution in [3.63, 3.8) is 0 Å². The third kappa shape index (κ3) is 4.96. The van der Waals surface area contributed by atoms with Crippen LogP contribution in [0.1, 0.15) is 31.0 Å². The molecule has 1 aliphatic rings. The van der Waals surface area contributed by atoms with Crippen molar-refractivity contribution in [2.24, 2.45) is 4.99 Å². The smallest absolute Gasteiger partial charge is 0.338 e. The van der Waals surface area contributed by atoms with Crippen molar-refractivity contribution in [3.8, 4) is 5.75 Å². The number of rotatable bonds is 5. The number of anilines is 1. The number of carbonyl (C=O) groups is 1. The number of nitrogens with zero attached hydrogens (tertiary/aromatic N) is 3. The first kappa shape index (κ1) is 25.6. The maximum Gasteiger partial charge on any atom is 0.338 e. The summed E-state index contributed by atoms with van der Waals surface area (Å²) in [6.07, 6.45) is 1.65. The van der Waals surface area contributed by atoms with Crippen molar-refractivity contribution in [1.82, 2.24) is 4.57 Å². The lowest BCUT2D eigenvalue weighted by Crippen LogP contribution is -2.39. The third-order valence-electron chi connectivity index (χ3n) is 5.59. The van der Waals surface area contributed by atoms with Crippen LogP contribution in [0.5, 0.6) is 5.75 Å². The van der Waals surface area contributed by atoms with Gasteiger partial charge in [-0.25, -0.2) is 9.79 Å². The van der Waals surface area contributed by atoms with Gasteiger partial charge in [-0.3, -0.25) is 9.36 Å². The second-order valence-corrected chi connectivity index (χ2v) is 11.2. The Morgan fingerprint density at radius 3 is 2.63 bits per heavy atom. The molecule has 1 aliphatic heterocycles. The van der Waals surface area contributed by atoms with Gasteiger partial charge in [0, 0.05) is 29.8 Å². The third-order valence-corrected chi connectivity index (χ3v) is 7.85. The van der Waals surface area contributed by atoms with Crippen molar-refractivity contribution < 1.29 is 14.6 Å². The molecule has 1 N–H and O–H groups in total. The van der Waals surface area contributed by atoms with E-state index in [-0.39, 0.29) is 17.9 Å². The highest BCUT2D eigenvalue weighted by Gasteiger charge is 2.33. The number of aromatic nitrogens is 1. The molecule has 0 radical (unpaired) electrons. The minimum atomic E-state index is -0.681. The summed E-state index contributed by atoms with van der Waals surface area (Å²) in [5, 5.41) is 10.5. The molecule has 0 amide bonds. The summed E-state index contributed by atoms with van der Waals surface area (Å²) in [7, 11) is 3.90. The van der Waals surface area contributed by atoms with Crippen molar-refractivity contribution in [3.05, 3.63) is 86.5 Å². The standard InChI is InChI=1S/C25H23BrIN3O4S/c1-5-34-24(33)20-13(2)28-25-30(21(20)14-6-8-17(9-7-14)29(3)4)23(32)19(35-25)11-15-10-16(26)12-18(27)22(15)31/h6-12,21,31H,5H2,1-4H3/b19-11-. The normalized spacial score (nSPS) is 15.6. The number of halogens is 2. The number of hydrogen-bond acceptors (Lipinski definition) is 7. The molecule has 0 spiro atoms. The zero-order valence-electron chi connectivity index (χ0n) is 19.5. The van der Waals surface area contributed by atoms with Gasteiger partial charge in [0.05, 0.1) is 32.0 Å². The lowest BCUT2D eigenvalue weighted by atomic mass is 9.95. The fraction of sp³-hybridized carbons (Fsp3) is 0.240. The lowest BCUT2D eigenvalue weighted by molar-refractivity contribution is -0.139. The van der Waals surface area contributed by atoms with E-state index < -0.39 is 12.0 Å². The number of ether oxygens (including phenoxy) is 1. The van der Waals surface area contributed by atoms with Gasteiger partial charge < -0.3 is 14.7 Å². The fourth-order valence-electron chi connectivity index (χ4n) is 3.90. The summed E-state index contributed by atoms with van der Waals surface area (Å²) in [4.78, 5) is 33.7. The van der Waals surface area contributed by atoms with Gasteiger partial charge in [-0.1, -0.05) is 39.4 Å². The van der Waals surface area contributed by atoms with Crippen LogP contribution in [-0.2, 0) is 9.53 Å². The molecule has 0 saturated carbocycles. The lowest BCUT2D eigenvalue weighted by Gasteiger charge is -2.25. The van der Waals surface area contributed by atoms with E-state index in [2.05, 4.69) is 20.9 Å². The minimum absolute atomic E-state index is 0.0962. The molecular weight excluding hydrogens is 645 g/mol. The van der Waals surface area contributed by atoms with Crippen molar-refractivity contribution in [2.75, 3.05) is 25.6 Å². The van der Waals surface area contributed by atoms with Gasteiger partial charge in [-0.05, 0) is 72.3 Å². The Bertz CT molecular complexity index is 1520. The van der Waals surface area contributed by atoms with E-state index in [9.17, 15) is 14.7 Å². The van der Waals surface area contributed by atoms with Crippen LogP contribution in [0.3, 0.4) is 0 Å². The molecule has 2 aromatic carbocycles. The monoisotopic (exact) mass is 667 g/mol. The highest BCUT2D eigenvalue weighted by Crippen LogP contribution is 2.32. The van der Waals surface area contributed by atoms with Crippen LogP contribution in [0, 0.1) is 3.57 Å². The van der Waals surface area contributed by atoms with Gasteiger partial charge in [0.1, 0.15) is 5.75 Å². The predicted octanol–water partition coefficient (Wildman–Crippen LogP) is 3.94. The zero-order valence-corrected chi connectivity index (χ0v) is 24.1. The van der Waals surface area contributed by atoms with Crippen LogP contribution >= 0.6 is 49.9 Å². The number of hydrogen-bond donors (Lipinski definition) is 1. The SMILES string of the molecule is CCOC(=O)C1=C(C)N=c2s/c(=C\c3cc(Br)cc(I)c3O)c(=O)n2C1c1ccc(N(C)C)cc1. The number of aromatic hydroxyl groups is 1. The maximum absolute atomic E-state index is 13.7. The molecule has 0 fully saturated rings. The van der Waals surface area contributed by atoms with Crippen molar-refractivity contribution >= 4 is 67.6 Å². The fourth-order valence-corrected chi connectivity index (χ4v) is 6.49. The number of benzene rings is 2. The minimum Gasteiger partial charge on any atom is -0.506 e. The van der Waals surface area contributed by atoms with Crippen LogP contribution in [0.15, 0.2) is 61.9 Å². The van der Waals surface area contributed by atoms with E-state index in [1.54, 1.807) is 36.6 Å². The average Bonchev–Trinajstić information content (AvgIpc) is 3.10. The topological polar surface area (TPSA) is 84.1 Å². The molecule has 1 atom stereocenters. The van der Waals surface area contributed by atoms with Gasteiger partial charge in [0.25, 0.3) is 5.56 Å². The Labute approximate surface area is 228 Å². The molecule has 35 heavy (non-hydrogen) atoms. The summed E-state index contributed by atoms with van der Waals surface area (Å²) in [6, 6.07) is 10.6. The molecular formula is C25H23BrIN3O4S.